The highest BCUT2D eigenvalue weighted by atomic mass is 79.9. The van der Waals surface area contributed by atoms with E-state index in [1.54, 1.807) is 16.7 Å². The molecular weight excluding hydrogens is 379 g/mol. The monoisotopic (exact) mass is 388 g/mol. The van der Waals surface area contributed by atoms with Crippen molar-refractivity contribution in [3.63, 3.8) is 0 Å². The smallest absolute Gasteiger partial charge is 0.272 e. The SMILES string of the molecule is CCn1cc(Br)cc1C(=O)Nc1cc(Br)ccc1F. The molecule has 0 saturated heterocycles. The molecule has 0 aliphatic rings. The fraction of sp³-hybridized carbons (Fsp3) is 0.154. The summed E-state index contributed by atoms with van der Waals surface area (Å²) >= 11 is 6.57. The van der Waals surface area contributed by atoms with Gasteiger partial charge in [0.2, 0.25) is 0 Å². The number of halogens is 3. The van der Waals surface area contributed by atoms with Gasteiger partial charge in [0.15, 0.2) is 0 Å². The number of nitrogens with zero attached hydrogens (tertiary/aromatic N) is 1. The van der Waals surface area contributed by atoms with Gasteiger partial charge in [-0.25, -0.2) is 4.39 Å². The van der Waals surface area contributed by atoms with Crippen molar-refractivity contribution >= 4 is 43.5 Å². The highest BCUT2D eigenvalue weighted by Gasteiger charge is 2.14. The lowest BCUT2D eigenvalue weighted by Gasteiger charge is -2.08. The molecule has 100 valence electrons. The maximum Gasteiger partial charge on any atom is 0.272 e. The van der Waals surface area contributed by atoms with Crippen LogP contribution in [0.3, 0.4) is 0 Å². The van der Waals surface area contributed by atoms with Gasteiger partial charge in [0.25, 0.3) is 5.91 Å². The standard InChI is InChI=1S/C13H11Br2FN2O/c1-2-18-7-9(15)6-12(18)13(19)17-11-5-8(14)3-4-10(11)16/h3-7H,2H2,1H3,(H,17,19). The molecule has 3 nitrogen and oxygen atoms in total. The number of rotatable bonds is 3. The quantitative estimate of drug-likeness (QED) is 0.827. The maximum atomic E-state index is 13.6. The first-order valence-electron chi connectivity index (χ1n) is 5.63. The first kappa shape index (κ1) is 14.3. The summed E-state index contributed by atoms with van der Waals surface area (Å²) in [6.07, 6.45) is 1.81. The topological polar surface area (TPSA) is 34.0 Å². The Balaban J connectivity index is 2.27. The number of amides is 1. The van der Waals surface area contributed by atoms with Crippen molar-refractivity contribution in [1.29, 1.82) is 0 Å². The van der Waals surface area contributed by atoms with E-state index in [9.17, 15) is 9.18 Å². The molecule has 1 aromatic carbocycles. The fourth-order valence-corrected chi connectivity index (χ4v) is 2.53. The van der Waals surface area contributed by atoms with E-state index in [-0.39, 0.29) is 11.6 Å². The zero-order valence-corrected chi connectivity index (χ0v) is 13.3. The average molecular weight is 390 g/mol. The molecule has 0 fully saturated rings. The number of anilines is 1. The molecule has 1 heterocycles. The van der Waals surface area contributed by atoms with Crippen LogP contribution in [0.1, 0.15) is 17.4 Å². The molecule has 1 amide bonds. The van der Waals surface area contributed by atoms with Gasteiger partial charge in [0.05, 0.1) is 5.69 Å². The highest BCUT2D eigenvalue weighted by Crippen LogP contribution is 2.22. The van der Waals surface area contributed by atoms with E-state index < -0.39 is 5.82 Å². The van der Waals surface area contributed by atoms with E-state index in [4.69, 9.17) is 0 Å². The van der Waals surface area contributed by atoms with Gasteiger partial charge in [-0.1, -0.05) is 15.9 Å². The Morgan fingerprint density at radius 1 is 1.32 bits per heavy atom. The largest absolute Gasteiger partial charge is 0.343 e. The Hall–Kier alpha value is -1.14. The van der Waals surface area contributed by atoms with Crippen LogP contribution in [-0.4, -0.2) is 10.5 Å². The molecule has 0 aliphatic carbocycles. The normalized spacial score (nSPS) is 10.5. The van der Waals surface area contributed by atoms with Crippen molar-refractivity contribution < 1.29 is 9.18 Å². The number of aromatic nitrogens is 1. The molecule has 0 atom stereocenters. The fourth-order valence-electron chi connectivity index (χ4n) is 1.71. The van der Waals surface area contributed by atoms with Gasteiger partial charge in [-0.15, -0.1) is 0 Å². The first-order valence-corrected chi connectivity index (χ1v) is 7.22. The van der Waals surface area contributed by atoms with Crippen molar-refractivity contribution in [3.8, 4) is 0 Å². The molecule has 1 aromatic heterocycles. The number of hydrogen-bond acceptors (Lipinski definition) is 1. The summed E-state index contributed by atoms with van der Waals surface area (Å²) in [4.78, 5) is 12.1. The Morgan fingerprint density at radius 3 is 2.74 bits per heavy atom. The van der Waals surface area contributed by atoms with Crippen LogP contribution in [0.4, 0.5) is 10.1 Å². The Morgan fingerprint density at radius 2 is 2.05 bits per heavy atom. The van der Waals surface area contributed by atoms with Gasteiger partial charge < -0.3 is 9.88 Å². The second-order valence-electron chi connectivity index (χ2n) is 3.91. The maximum absolute atomic E-state index is 13.6. The third kappa shape index (κ3) is 3.25. The molecular formula is C13H11Br2FN2O. The molecule has 0 spiro atoms. The summed E-state index contributed by atoms with van der Waals surface area (Å²) in [7, 11) is 0. The van der Waals surface area contributed by atoms with Crippen LogP contribution in [0.25, 0.3) is 0 Å². The summed E-state index contributed by atoms with van der Waals surface area (Å²) in [6, 6.07) is 6.11. The number of hydrogen-bond donors (Lipinski definition) is 1. The predicted octanol–water partition coefficient (Wildman–Crippen LogP) is 4.42. The van der Waals surface area contributed by atoms with E-state index in [1.165, 1.54) is 12.1 Å². The lowest BCUT2D eigenvalue weighted by molar-refractivity contribution is 0.101. The van der Waals surface area contributed by atoms with Crippen LogP contribution in [0.2, 0.25) is 0 Å². The lowest BCUT2D eigenvalue weighted by Crippen LogP contribution is -2.17. The molecule has 0 aliphatic heterocycles. The summed E-state index contributed by atoms with van der Waals surface area (Å²) < 4.78 is 16.9. The molecule has 0 radical (unpaired) electrons. The van der Waals surface area contributed by atoms with Crippen LogP contribution in [0, 0.1) is 5.82 Å². The van der Waals surface area contributed by atoms with Crippen LogP contribution in [-0.2, 0) is 6.54 Å². The third-order valence-electron chi connectivity index (χ3n) is 2.61. The molecule has 0 bridgehead atoms. The van der Waals surface area contributed by atoms with Crippen LogP contribution >= 0.6 is 31.9 Å². The zero-order chi connectivity index (χ0) is 14.0. The molecule has 2 rings (SSSR count). The van der Waals surface area contributed by atoms with E-state index in [2.05, 4.69) is 37.2 Å². The third-order valence-corrected chi connectivity index (χ3v) is 3.54. The number of nitrogens with one attached hydrogen (secondary N) is 1. The van der Waals surface area contributed by atoms with Gasteiger partial charge in [0, 0.05) is 21.7 Å². The van der Waals surface area contributed by atoms with Crippen LogP contribution in [0.5, 0.6) is 0 Å². The average Bonchev–Trinajstić information content (AvgIpc) is 2.75. The molecule has 1 N–H and O–H groups in total. The summed E-state index contributed by atoms with van der Waals surface area (Å²) in [5, 5.41) is 2.57. The second-order valence-corrected chi connectivity index (χ2v) is 5.74. The molecule has 0 unspecified atom stereocenters. The number of carbonyl (C=O) groups is 1. The van der Waals surface area contributed by atoms with Crippen molar-refractivity contribution in [2.75, 3.05) is 5.32 Å². The van der Waals surface area contributed by atoms with E-state index in [0.717, 1.165) is 4.47 Å². The zero-order valence-electron chi connectivity index (χ0n) is 10.1. The summed E-state index contributed by atoms with van der Waals surface area (Å²) in [5.41, 5.74) is 0.633. The van der Waals surface area contributed by atoms with E-state index >= 15 is 0 Å². The number of carbonyl (C=O) groups excluding carboxylic acids is 1. The van der Waals surface area contributed by atoms with Crippen molar-refractivity contribution in [2.24, 2.45) is 0 Å². The molecule has 19 heavy (non-hydrogen) atoms. The van der Waals surface area contributed by atoms with Crippen molar-refractivity contribution in [1.82, 2.24) is 4.57 Å². The minimum absolute atomic E-state index is 0.152. The van der Waals surface area contributed by atoms with Gasteiger partial charge in [-0.2, -0.15) is 0 Å². The van der Waals surface area contributed by atoms with Crippen molar-refractivity contribution in [3.05, 3.63) is 50.9 Å². The minimum Gasteiger partial charge on any atom is -0.343 e. The minimum atomic E-state index is -0.467. The van der Waals surface area contributed by atoms with Crippen LogP contribution in [0.15, 0.2) is 39.4 Å². The Labute approximate surface area is 127 Å². The number of benzene rings is 1. The van der Waals surface area contributed by atoms with E-state index in [1.807, 2.05) is 13.1 Å². The van der Waals surface area contributed by atoms with Gasteiger partial charge in [-0.3, -0.25) is 4.79 Å². The number of aryl methyl sites for hydroxylation is 1. The lowest BCUT2D eigenvalue weighted by atomic mass is 10.3. The summed E-state index contributed by atoms with van der Waals surface area (Å²) in [6.45, 7) is 2.60. The van der Waals surface area contributed by atoms with Gasteiger partial charge in [-0.05, 0) is 47.1 Å². The predicted molar refractivity (Wildman–Crippen MR) is 79.9 cm³/mol. The Kier molecular flexibility index (Phi) is 4.42. The van der Waals surface area contributed by atoms with Gasteiger partial charge in [0.1, 0.15) is 11.5 Å². The van der Waals surface area contributed by atoms with Crippen molar-refractivity contribution in [2.45, 2.75) is 13.5 Å². The molecule has 2 aromatic rings. The second kappa shape index (κ2) is 5.88. The highest BCUT2D eigenvalue weighted by molar-refractivity contribution is 9.10. The molecule has 0 saturated carbocycles. The van der Waals surface area contributed by atoms with E-state index in [0.29, 0.717) is 16.7 Å². The van der Waals surface area contributed by atoms with Gasteiger partial charge >= 0.3 is 0 Å². The summed E-state index contributed by atoms with van der Waals surface area (Å²) in [5.74, 6) is -0.810. The molecule has 6 heteroatoms. The first-order chi connectivity index (χ1) is 9.01. The Bertz CT molecular complexity index is 625. The van der Waals surface area contributed by atoms with Crippen LogP contribution < -0.4 is 5.32 Å².